The Labute approximate surface area is 166 Å². The number of rotatable bonds is 6. The van der Waals surface area contributed by atoms with Crippen molar-refractivity contribution in [2.45, 2.75) is 6.92 Å². The van der Waals surface area contributed by atoms with Crippen molar-refractivity contribution < 1.29 is 18.8 Å². The lowest BCUT2D eigenvalue weighted by molar-refractivity contribution is -0.115. The molecule has 2 amide bonds. The highest BCUT2D eigenvalue weighted by molar-refractivity contribution is 6.30. The number of hydrogen-bond acceptors (Lipinski definition) is 5. The Balaban J connectivity index is 1.60. The first-order valence-electron chi connectivity index (χ1n) is 8.41. The molecule has 0 radical (unpaired) electrons. The van der Waals surface area contributed by atoms with Crippen LogP contribution in [0.3, 0.4) is 0 Å². The van der Waals surface area contributed by atoms with Gasteiger partial charge in [-0.15, -0.1) is 0 Å². The van der Waals surface area contributed by atoms with Gasteiger partial charge in [0.15, 0.2) is 11.5 Å². The molecule has 7 nitrogen and oxygen atoms in total. The van der Waals surface area contributed by atoms with Crippen LogP contribution in [0.15, 0.2) is 53.1 Å². The molecule has 1 aromatic heterocycles. The van der Waals surface area contributed by atoms with Crippen LogP contribution >= 0.6 is 11.6 Å². The fourth-order valence-electron chi connectivity index (χ4n) is 2.53. The molecular weight excluding hydrogens is 382 g/mol. The quantitative estimate of drug-likeness (QED) is 0.659. The number of nitrogens with one attached hydrogen (secondary N) is 2. The highest BCUT2D eigenvalue weighted by Crippen LogP contribution is 2.25. The number of nitrogens with zero attached hydrogens (tertiary/aromatic N) is 1. The molecule has 8 heteroatoms. The topological polar surface area (TPSA) is 93.5 Å². The highest BCUT2D eigenvalue weighted by atomic mass is 35.5. The molecule has 0 saturated heterocycles. The third-order valence-corrected chi connectivity index (χ3v) is 4.13. The molecule has 0 aliphatic rings. The molecule has 3 aromatic rings. The number of anilines is 1. The molecule has 0 bridgehead atoms. The molecule has 144 valence electrons. The van der Waals surface area contributed by atoms with Crippen molar-refractivity contribution >= 4 is 29.1 Å². The largest absolute Gasteiger partial charge is 0.495 e. The third-order valence-electron chi connectivity index (χ3n) is 3.89. The number of carbonyl (C=O) groups excluding carboxylic acids is 2. The van der Waals surface area contributed by atoms with Crippen LogP contribution in [0.5, 0.6) is 5.75 Å². The van der Waals surface area contributed by atoms with Gasteiger partial charge in [0.05, 0.1) is 19.3 Å². The Bertz CT molecular complexity index is 1020. The highest BCUT2D eigenvalue weighted by Gasteiger charge is 2.15. The van der Waals surface area contributed by atoms with Crippen LogP contribution in [0.25, 0.3) is 11.3 Å². The lowest BCUT2D eigenvalue weighted by Crippen LogP contribution is -2.33. The van der Waals surface area contributed by atoms with Gasteiger partial charge in [0.1, 0.15) is 5.75 Å². The van der Waals surface area contributed by atoms with Crippen molar-refractivity contribution in [2.75, 3.05) is 19.0 Å². The van der Waals surface area contributed by atoms with Crippen molar-refractivity contribution in [3.8, 4) is 17.1 Å². The van der Waals surface area contributed by atoms with Gasteiger partial charge >= 0.3 is 0 Å². The molecular formula is C20H18ClN3O4. The van der Waals surface area contributed by atoms with Gasteiger partial charge in [-0.05, 0) is 36.8 Å². The lowest BCUT2D eigenvalue weighted by atomic mass is 10.1. The van der Waals surface area contributed by atoms with E-state index in [1.807, 2.05) is 13.0 Å². The van der Waals surface area contributed by atoms with Crippen LogP contribution in [0.2, 0.25) is 5.02 Å². The molecule has 2 N–H and O–H groups in total. The fourth-order valence-corrected chi connectivity index (χ4v) is 2.72. The standard InChI is InChI=1S/C20H18ClN3O4/c1-12-6-7-17(27-2)15(8-12)23-19(25)11-22-20(26)16-10-18(28-24-16)13-4-3-5-14(21)9-13/h3-10H,11H2,1-2H3,(H,22,26)(H,23,25). The van der Waals surface area contributed by atoms with E-state index in [1.54, 1.807) is 36.4 Å². The molecule has 0 aliphatic heterocycles. The molecule has 28 heavy (non-hydrogen) atoms. The van der Waals surface area contributed by atoms with Crippen LogP contribution in [0, 0.1) is 6.92 Å². The summed E-state index contributed by atoms with van der Waals surface area (Å²) in [5, 5.41) is 9.50. The summed E-state index contributed by atoms with van der Waals surface area (Å²) in [5.41, 5.74) is 2.27. The maximum Gasteiger partial charge on any atom is 0.273 e. The van der Waals surface area contributed by atoms with E-state index in [9.17, 15) is 9.59 Å². The van der Waals surface area contributed by atoms with E-state index in [0.717, 1.165) is 5.56 Å². The van der Waals surface area contributed by atoms with Crippen LogP contribution in [0.1, 0.15) is 16.1 Å². The third kappa shape index (κ3) is 4.69. The lowest BCUT2D eigenvalue weighted by Gasteiger charge is -2.11. The summed E-state index contributed by atoms with van der Waals surface area (Å²) in [6.45, 7) is 1.67. The first-order valence-corrected chi connectivity index (χ1v) is 8.79. The predicted octanol–water partition coefficient (Wildman–Crippen LogP) is 3.68. The maximum atomic E-state index is 12.2. The van der Waals surface area contributed by atoms with Gasteiger partial charge in [-0.25, -0.2) is 0 Å². The number of benzene rings is 2. The second kappa shape index (κ2) is 8.58. The van der Waals surface area contributed by atoms with Crippen LogP contribution in [-0.4, -0.2) is 30.6 Å². The predicted molar refractivity (Wildman–Crippen MR) is 106 cm³/mol. The zero-order chi connectivity index (χ0) is 20.1. The molecule has 2 aromatic carbocycles. The van der Waals surface area contributed by atoms with E-state index < -0.39 is 11.8 Å². The summed E-state index contributed by atoms with van der Waals surface area (Å²) in [5.74, 6) is 0.0220. The molecule has 0 saturated carbocycles. The molecule has 0 atom stereocenters. The second-order valence-electron chi connectivity index (χ2n) is 6.02. The molecule has 0 aliphatic carbocycles. The minimum atomic E-state index is -0.525. The Morgan fingerprint density at radius 1 is 1.18 bits per heavy atom. The van der Waals surface area contributed by atoms with Crippen LogP contribution in [-0.2, 0) is 4.79 Å². The van der Waals surface area contributed by atoms with Gasteiger partial charge in [0.2, 0.25) is 5.91 Å². The van der Waals surface area contributed by atoms with Crippen molar-refractivity contribution in [1.29, 1.82) is 0 Å². The Morgan fingerprint density at radius 3 is 2.75 bits per heavy atom. The number of methoxy groups -OCH3 is 1. The minimum Gasteiger partial charge on any atom is -0.495 e. The van der Waals surface area contributed by atoms with Gasteiger partial charge in [0.25, 0.3) is 5.91 Å². The maximum absolute atomic E-state index is 12.2. The van der Waals surface area contributed by atoms with Crippen LogP contribution in [0.4, 0.5) is 5.69 Å². The first kappa shape index (κ1) is 19.4. The normalized spacial score (nSPS) is 10.4. The van der Waals surface area contributed by atoms with E-state index in [2.05, 4.69) is 15.8 Å². The average molecular weight is 400 g/mol. The average Bonchev–Trinajstić information content (AvgIpc) is 3.17. The molecule has 0 spiro atoms. The van der Waals surface area contributed by atoms with Crippen LogP contribution < -0.4 is 15.4 Å². The van der Waals surface area contributed by atoms with Gasteiger partial charge < -0.3 is 19.9 Å². The van der Waals surface area contributed by atoms with Crippen molar-refractivity contribution in [3.63, 3.8) is 0 Å². The SMILES string of the molecule is COc1ccc(C)cc1NC(=O)CNC(=O)c1cc(-c2cccc(Cl)c2)on1. The number of halogens is 1. The second-order valence-corrected chi connectivity index (χ2v) is 6.46. The molecule has 3 rings (SSSR count). The summed E-state index contributed by atoms with van der Waals surface area (Å²) in [4.78, 5) is 24.4. The summed E-state index contributed by atoms with van der Waals surface area (Å²) >= 11 is 5.95. The van der Waals surface area contributed by atoms with E-state index in [1.165, 1.54) is 13.2 Å². The van der Waals surface area contributed by atoms with Crippen molar-refractivity contribution in [1.82, 2.24) is 10.5 Å². The van der Waals surface area contributed by atoms with Crippen molar-refractivity contribution in [2.24, 2.45) is 0 Å². The van der Waals surface area contributed by atoms with Gasteiger partial charge in [-0.1, -0.05) is 35.0 Å². The van der Waals surface area contributed by atoms with Gasteiger partial charge in [-0.3, -0.25) is 9.59 Å². The number of ether oxygens (including phenoxy) is 1. The number of carbonyl (C=O) groups is 2. The monoisotopic (exact) mass is 399 g/mol. The number of aryl methyl sites for hydroxylation is 1. The smallest absolute Gasteiger partial charge is 0.273 e. The van der Waals surface area contributed by atoms with E-state index >= 15 is 0 Å². The van der Waals surface area contributed by atoms with Gasteiger partial charge in [0, 0.05) is 16.7 Å². The van der Waals surface area contributed by atoms with E-state index in [-0.39, 0.29) is 12.2 Å². The summed E-state index contributed by atoms with van der Waals surface area (Å²) in [6, 6.07) is 13.9. The molecule has 0 unspecified atom stereocenters. The van der Waals surface area contributed by atoms with E-state index in [4.69, 9.17) is 20.9 Å². The summed E-state index contributed by atoms with van der Waals surface area (Å²) in [7, 11) is 1.52. The molecule has 1 heterocycles. The fraction of sp³-hybridized carbons (Fsp3) is 0.150. The number of aromatic nitrogens is 1. The zero-order valence-electron chi connectivity index (χ0n) is 15.3. The summed E-state index contributed by atoms with van der Waals surface area (Å²) < 4.78 is 10.4. The molecule has 0 fully saturated rings. The summed E-state index contributed by atoms with van der Waals surface area (Å²) in [6.07, 6.45) is 0. The Hall–Kier alpha value is -3.32. The number of hydrogen-bond donors (Lipinski definition) is 2. The van der Waals surface area contributed by atoms with Gasteiger partial charge in [-0.2, -0.15) is 0 Å². The van der Waals surface area contributed by atoms with E-state index in [0.29, 0.717) is 27.8 Å². The van der Waals surface area contributed by atoms with Crippen molar-refractivity contribution in [3.05, 3.63) is 64.8 Å². The first-order chi connectivity index (χ1) is 13.5. The minimum absolute atomic E-state index is 0.0657. The Kier molecular flexibility index (Phi) is 5.96. The zero-order valence-corrected chi connectivity index (χ0v) is 16.0. The number of amides is 2. The Morgan fingerprint density at radius 2 is 2.00 bits per heavy atom.